The maximum atomic E-state index is 12.2. The minimum absolute atomic E-state index is 0.0117. The topological polar surface area (TPSA) is 26.3 Å². The van der Waals surface area contributed by atoms with Crippen LogP contribution in [0.1, 0.15) is 17.5 Å². The van der Waals surface area contributed by atoms with Crippen LogP contribution in [0.3, 0.4) is 0 Å². The minimum Gasteiger partial charge on any atom is -0.454 e. The van der Waals surface area contributed by atoms with Crippen LogP contribution in [0.15, 0.2) is 60.7 Å². The lowest BCUT2D eigenvalue weighted by molar-refractivity contribution is -0.149. The van der Waals surface area contributed by atoms with Crippen molar-refractivity contribution in [3.05, 3.63) is 71.8 Å². The molecule has 2 nitrogen and oxygen atoms in total. The van der Waals surface area contributed by atoms with Crippen molar-refractivity contribution in [2.45, 2.75) is 18.4 Å². The number of fused-ring (bicyclic) bond motifs is 1. The van der Waals surface area contributed by atoms with Gasteiger partial charge in [-0.05, 0) is 24.0 Å². The summed E-state index contributed by atoms with van der Waals surface area (Å²) in [5.41, 5.74) is 2.04. The van der Waals surface area contributed by atoms with E-state index in [1.165, 1.54) is 5.56 Å². The smallest absolute Gasteiger partial charge is 0.310 e. The van der Waals surface area contributed by atoms with Crippen LogP contribution in [0.2, 0.25) is 0 Å². The van der Waals surface area contributed by atoms with Crippen molar-refractivity contribution in [3.63, 3.8) is 0 Å². The molecule has 1 heterocycles. The molecule has 0 spiro atoms. The summed E-state index contributed by atoms with van der Waals surface area (Å²) in [4.78, 5) is 12.2. The lowest BCUT2D eigenvalue weighted by atomic mass is 9.93. The van der Waals surface area contributed by atoms with Crippen LogP contribution < -0.4 is 0 Å². The van der Waals surface area contributed by atoms with Crippen molar-refractivity contribution in [2.75, 3.05) is 0 Å². The van der Waals surface area contributed by atoms with Gasteiger partial charge < -0.3 is 4.74 Å². The average Bonchev–Trinajstić information content (AvgIpc) is 3.15. The number of rotatable bonds is 3. The molecule has 2 heteroatoms. The Morgan fingerprint density at radius 3 is 2.35 bits per heavy atom. The van der Waals surface area contributed by atoms with Gasteiger partial charge in [-0.3, -0.25) is 4.79 Å². The van der Waals surface area contributed by atoms with Gasteiger partial charge in [0.25, 0.3) is 0 Å². The predicted molar refractivity (Wildman–Crippen MR) is 76.0 cm³/mol. The van der Waals surface area contributed by atoms with Crippen LogP contribution in [0.5, 0.6) is 0 Å². The molecular formula is C18H16O2. The second-order valence-electron chi connectivity index (χ2n) is 5.78. The summed E-state index contributed by atoms with van der Waals surface area (Å²) >= 11 is 0. The van der Waals surface area contributed by atoms with E-state index in [2.05, 4.69) is 24.3 Å². The second kappa shape index (κ2) is 4.20. The molecule has 4 rings (SSSR count). The van der Waals surface area contributed by atoms with Crippen molar-refractivity contribution in [1.29, 1.82) is 0 Å². The predicted octanol–water partition coefficient (Wildman–Crippen LogP) is 3.32. The van der Waals surface area contributed by atoms with Crippen LogP contribution in [0.25, 0.3) is 0 Å². The van der Waals surface area contributed by atoms with Crippen molar-refractivity contribution < 1.29 is 9.53 Å². The Hall–Kier alpha value is -2.09. The summed E-state index contributed by atoms with van der Waals surface area (Å²) < 4.78 is 5.75. The molecule has 1 saturated heterocycles. The third-order valence-electron chi connectivity index (χ3n) is 4.59. The fourth-order valence-corrected chi connectivity index (χ4v) is 3.48. The first kappa shape index (κ1) is 11.7. The zero-order chi connectivity index (χ0) is 13.6. The molecule has 3 atom stereocenters. The number of hydrogen-bond acceptors (Lipinski definition) is 2. The van der Waals surface area contributed by atoms with Crippen LogP contribution >= 0.6 is 0 Å². The summed E-state index contributed by atoms with van der Waals surface area (Å²) in [5, 5.41) is 0. The molecule has 2 fully saturated rings. The highest BCUT2D eigenvalue weighted by atomic mass is 16.6. The van der Waals surface area contributed by atoms with E-state index >= 15 is 0 Å². The van der Waals surface area contributed by atoms with E-state index in [1.807, 2.05) is 36.4 Å². The Bertz CT molecular complexity index is 635. The van der Waals surface area contributed by atoms with Crippen molar-refractivity contribution in [1.82, 2.24) is 0 Å². The van der Waals surface area contributed by atoms with E-state index in [0.29, 0.717) is 5.92 Å². The zero-order valence-corrected chi connectivity index (χ0v) is 11.2. The molecule has 2 aromatic rings. The van der Waals surface area contributed by atoms with Crippen molar-refractivity contribution >= 4 is 5.97 Å². The first-order valence-electron chi connectivity index (χ1n) is 7.12. The normalized spacial score (nSPS) is 30.7. The van der Waals surface area contributed by atoms with Crippen molar-refractivity contribution in [2.24, 2.45) is 11.8 Å². The van der Waals surface area contributed by atoms with Crippen LogP contribution in [-0.4, -0.2) is 5.97 Å². The van der Waals surface area contributed by atoms with Gasteiger partial charge in [-0.25, -0.2) is 0 Å². The van der Waals surface area contributed by atoms with Gasteiger partial charge in [-0.2, -0.15) is 0 Å². The molecule has 1 aliphatic heterocycles. The molecule has 20 heavy (non-hydrogen) atoms. The first-order chi connectivity index (χ1) is 9.79. The van der Waals surface area contributed by atoms with E-state index < -0.39 is 0 Å². The molecule has 100 valence electrons. The third kappa shape index (κ3) is 1.68. The standard InChI is InChI=1S/C18H16O2/c19-17-15(11-13-7-3-1-4-8-13)16-12-18(16,20-17)14-9-5-2-6-10-14/h1-10,15-16H,11-12H2/t15-,16-,18+/m0/s1. The van der Waals surface area contributed by atoms with Crippen LogP contribution in [0, 0.1) is 11.8 Å². The van der Waals surface area contributed by atoms with Gasteiger partial charge in [-0.15, -0.1) is 0 Å². The number of ether oxygens (including phenoxy) is 1. The summed E-state index contributed by atoms with van der Waals surface area (Å²) in [6, 6.07) is 20.4. The fourth-order valence-electron chi connectivity index (χ4n) is 3.48. The van der Waals surface area contributed by atoms with Gasteiger partial charge in [0.1, 0.15) is 5.60 Å². The first-order valence-corrected chi connectivity index (χ1v) is 7.12. The Morgan fingerprint density at radius 2 is 1.65 bits per heavy atom. The minimum atomic E-state index is -0.322. The van der Waals surface area contributed by atoms with Crippen LogP contribution in [-0.2, 0) is 21.6 Å². The van der Waals surface area contributed by atoms with Gasteiger partial charge >= 0.3 is 5.97 Å². The Labute approximate surface area is 118 Å². The molecule has 2 aliphatic rings. The number of benzene rings is 2. The highest BCUT2D eigenvalue weighted by molar-refractivity contribution is 5.79. The van der Waals surface area contributed by atoms with E-state index in [9.17, 15) is 4.79 Å². The SMILES string of the molecule is O=C1O[C@@]2(c3ccccc3)C[C@H]2[C@@H]1Cc1ccccc1. The highest BCUT2D eigenvalue weighted by Crippen LogP contribution is 2.64. The number of carbonyl (C=O) groups is 1. The second-order valence-corrected chi connectivity index (χ2v) is 5.78. The summed E-state index contributed by atoms with van der Waals surface area (Å²) in [6.45, 7) is 0. The molecule has 2 aromatic carbocycles. The molecule has 0 aromatic heterocycles. The maximum absolute atomic E-state index is 12.2. The Morgan fingerprint density at radius 1 is 1.00 bits per heavy atom. The van der Waals surface area contributed by atoms with Gasteiger partial charge in [0.2, 0.25) is 0 Å². The van der Waals surface area contributed by atoms with Gasteiger partial charge in [-0.1, -0.05) is 60.7 Å². The van der Waals surface area contributed by atoms with E-state index in [0.717, 1.165) is 18.4 Å². The average molecular weight is 264 g/mol. The molecule has 0 bridgehead atoms. The molecule has 1 saturated carbocycles. The molecule has 0 N–H and O–H groups in total. The number of hydrogen-bond donors (Lipinski definition) is 0. The monoisotopic (exact) mass is 264 g/mol. The Kier molecular flexibility index (Phi) is 2.46. The van der Waals surface area contributed by atoms with Crippen LogP contribution in [0.4, 0.5) is 0 Å². The molecule has 0 amide bonds. The third-order valence-corrected chi connectivity index (χ3v) is 4.59. The quantitative estimate of drug-likeness (QED) is 0.795. The Balaban J connectivity index is 1.59. The summed E-state index contributed by atoms with van der Waals surface area (Å²) in [6.07, 6.45) is 1.76. The fraction of sp³-hybridized carbons (Fsp3) is 0.278. The molecule has 1 aliphatic carbocycles. The van der Waals surface area contributed by atoms with Gasteiger partial charge in [0.15, 0.2) is 0 Å². The number of carbonyl (C=O) groups excluding carboxylic acids is 1. The largest absolute Gasteiger partial charge is 0.454 e. The highest BCUT2D eigenvalue weighted by Gasteiger charge is 2.68. The number of esters is 1. The maximum Gasteiger partial charge on any atom is 0.310 e. The van der Waals surface area contributed by atoms with Gasteiger partial charge in [0, 0.05) is 5.92 Å². The molecule has 0 unspecified atom stereocenters. The lowest BCUT2D eigenvalue weighted by Crippen LogP contribution is -2.16. The van der Waals surface area contributed by atoms with Crippen molar-refractivity contribution in [3.8, 4) is 0 Å². The zero-order valence-electron chi connectivity index (χ0n) is 11.2. The van der Waals surface area contributed by atoms with Gasteiger partial charge in [0.05, 0.1) is 5.92 Å². The molecule has 0 radical (unpaired) electrons. The van der Waals surface area contributed by atoms with E-state index in [4.69, 9.17) is 4.74 Å². The lowest BCUT2D eigenvalue weighted by Gasteiger charge is -2.12. The summed E-state index contributed by atoms with van der Waals surface area (Å²) in [5.74, 6) is 0.323. The molecular weight excluding hydrogens is 248 g/mol. The van der Waals surface area contributed by atoms with E-state index in [1.54, 1.807) is 0 Å². The van der Waals surface area contributed by atoms with E-state index in [-0.39, 0.29) is 17.5 Å². The summed E-state index contributed by atoms with van der Waals surface area (Å²) in [7, 11) is 0.